The van der Waals surface area contributed by atoms with E-state index in [0.717, 1.165) is 25.9 Å². The average Bonchev–Trinajstić information content (AvgIpc) is 3.46. The summed E-state index contributed by atoms with van der Waals surface area (Å²) in [5.74, 6) is 0.261. The van der Waals surface area contributed by atoms with Crippen molar-refractivity contribution < 1.29 is 13.9 Å². The van der Waals surface area contributed by atoms with Gasteiger partial charge < -0.3 is 14.6 Å². The fourth-order valence-corrected chi connectivity index (χ4v) is 4.33. The smallest absolute Gasteiger partial charge is 0.230 e. The van der Waals surface area contributed by atoms with Gasteiger partial charge in [0.15, 0.2) is 11.0 Å². The first-order chi connectivity index (χ1) is 15.2. The molecule has 2 heterocycles. The molecule has 1 amide bonds. The van der Waals surface area contributed by atoms with Gasteiger partial charge in [-0.05, 0) is 37.0 Å². The molecule has 0 spiro atoms. The lowest BCUT2D eigenvalue weighted by molar-refractivity contribution is -0.119. The minimum atomic E-state index is -0.346. The number of thioether (sulfide) groups is 1. The van der Waals surface area contributed by atoms with Crippen LogP contribution in [0.5, 0.6) is 0 Å². The van der Waals surface area contributed by atoms with Crippen molar-refractivity contribution in [3.8, 4) is 11.4 Å². The maximum absolute atomic E-state index is 14.4. The molecule has 1 N–H and O–H groups in total. The molecule has 0 unspecified atom stereocenters. The monoisotopic (exact) mass is 440 g/mol. The summed E-state index contributed by atoms with van der Waals surface area (Å²) < 4.78 is 21.9. The summed E-state index contributed by atoms with van der Waals surface area (Å²) in [6.07, 6.45) is 2.88. The number of hydrogen-bond acceptors (Lipinski definition) is 5. The highest BCUT2D eigenvalue weighted by molar-refractivity contribution is 7.99. The summed E-state index contributed by atoms with van der Waals surface area (Å²) in [6, 6.07) is 16.6. The zero-order valence-corrected chi connectivity index (χ0v) is 18.0. The van der Waals surface area contributed by atoms with E-state index in [9.17, 15) is 9.18 Å². The van der Waals surface area contributed by atoms with Crippen molar-refractivity contribution in [2.24, 2.45) is 0 Å². The van der Waals surface area contributed by atoms with Gasteiger partial charge in [-0.1, -0.05) is 54.2 Å². The fourth-order valence-electron chi connectivity index (χ4n) is 3.54. The van der Waals surface area contributed by atoms with E-state index in [1.807, 2.05) is 22.8 Å². The van der Waals surface area contributed by atoms with Crippen LogP contribution in [0.2, 0.25) is 0 Å². The van der Waals surface area contributed by atoms with Crippen LogP contribution in [0.3, 0.4) is 0 Å². The van der Waals surface area contributed by atoms with Crippen LogP contribution < -0.4 is 5.32 Å². The lowest BCUT2D eigenvalue weighted by Crippen LogP contribution is -2.32. The summed E-state index contributed by atoms with van der Waals surface area (Å²) in [4.78, 5) is 12.3. The van der Waals surface area contributed by atoms with Crippen LogP contribution in [0.4, 0.5) is 4.39 Å². The number of nitrogens with zero attached hydrogens (tertiary/aromatic N) is 3. The van der Waals surface area contributed by atoms with Gasteiger partial charge in [0.05, 0.1) is 17.4 Å². The summed E-state index contributed by atoms with van der Waals surface area (Å²) in [6.45, 7) is 1.87. The third-order valence-electron chi connectivity index (χ3n) is 5.18. The largest absolute Gasteiger partial charge is 0.376 e. The molecule has 1 aliphatic heterocycles. The Hall–Kier alpha value is -2.71. The first kappa shape index (κ1) is 21.5. The number of rotatable bonds is 9. The molecule has 1 aliphatic rings. The Morgan fingerprint density at radius 1 is 1.16 bits per heavy atom. The molecule has 4 rings (SSSR count). The number of halogens is 1. The highest BCUT2D eigenvalue weighted by atomic mass is 32.2. The van der Waals surface area contributed by atoms with Gasteiger partial charge in [-0.3, -0.25) is 4.79 Å². The number of ether oxygens (including phenoxy) is 1. The van der Waals surface area contributed by atoms with E-state index >= 15 is 0 Å². The van der Waals surface area contributed by atoms with Crippen molar-refractivity contribution in [3.05, 3.63) is 66.0 Å². The van der Waals surface area contributed by atoms with Crippen LogP contribution in [0.15, 0.2) is 59.8 Å². The molecule has 31 heavy (non-hydrogen) atoms. The standard InChI is InChI=1S/C23H25FN4O2S/c24-20-11-5-4-10-19(20)22-26-27-23(28(22)13-12-17-7-2-1-3-8-17)31-16-21(29)25-15-18-9-6-14-30-18/h1-5,7-8,10-11,18H,6,9,12-16H2,(H,25,29)/t18-/m0/s1. The summed E-state index contributed by atoms with van der Waals surface area (Å²) >= 11 is 1.31. The third-order valence-corrected chi connectivity index (χ3v) is 6.15. The van der Waals surface area contributed by atoms with Crippen molar-refractivity contribution in [2.75, 3.05) is 18.9 Å². The third kappa shape index (κ3) is 5.71. The van der Waals surface area contributed by atoms with Gasteiger partial charge in [0, 0.05) is 19.7 Å². The Bertz CT molecular complexity index is 1010. The molecule has 162 valence electrons. The minimum Gasteiger partial charge on any atom is -0.376 e. The van der Waals surface area contributed by atoms with Crippen LogP contribution in [-0.4, -0.2) is 45.7 Å². The number of hydrogen-bond donors (Lipinski definition) is 1. The van der Waals surface area contributed by atoms with Crippen LogP contribution in [0.25, 0.3) is 11.4 Å². The van der Waals surface area contributed by atoms with Crippen LogP contribution in [0, 0.1) is 5.82 Å². The van der Waals surface area contributed by atoms with E-state index in [1.54, 1.807) is 18.2 Å². The Morgan fingerprint density at radius 3 is 2.74 bits per heavy atom. The van der Waals surface area contributed by atoms with E-state index < -0.39 is 0 Å². The first-order valence-electron chi connectivity index (χ1n) is 10.4. The second-order valence-corrected chi connectivity index (χ2v) is 8.34. The van der Waals surface area contributed by atoms with Crippen LogP contribution in [0.1, 0.15) is 18.4 Å². The molecule has 0 aliphatic carbocycles. The zero-order chi connectivity index (χ0) is 21.5. The second kappa shape index (κ2) is 10.5. The van der Waals surface area contributed by atoms with E-state index in [1.165, 1.54) is 23.4 Å². The van der Waals surface area contributed by atoms with Gasteiger partial charge in [0.25, 0.3) is 0 Å². The lowest BCUT2D eigenvalue weighted by Gasteiger charge is -2.12. The highest BCUT2D eigenvalue weighted by Gasteiger charge is 2.19. The number of aryl methyl sites for hydroxylation is 1. The Labute approximate surface area is 185 Å². The number of amides is 1. The number of aromatic nitrogens is 3. The number of carbonyl (C=O) groups excluding carboxylic acids is 1. The second-order valence-electron chi connectivity index (χ2n) is 7.40. The van der Waals surface area contributed by atoms with Gasteiger partial charge in [-0.2, -0.15) is 0 Å². The topological polar surface area (TPSA) is 69.0 Å². The van der Waals surface area contributed by atoms with Crippen LogP contribution in [-0.2, 0) is 22.5 Å². The van der Waals surface area contributed by atoms with Gasteiger partial charge in [0.1, 0.15) is 5.82 Å². The normalized spacial score (nSPS) is 15.8. The average molecular weight is 441 g/mol. The lowest BCUT2D eigenvalue weighted by atomic mass is 10.1. The Morgan fingerprint density at radius 2 is 1.97 bits per heavy atom. The molecule has 8 heteroatoms. The molecule has 2 aromatic carbocycles. The molecule has 1 atom stereocenters. The van der Waals surface area contributed by atoms with Crippen molar-refractivity contribution in [2.45, 2.75) is 37.1 Å². The van der Waals surface area contributed by atoms with E-state index in [0.29, 0.717) is 29.6 Å². The predicted molar refractivity (Wildman–Crippen MR) is 118 cm³/mol. The molecule has 1 saturated heterocycles. The SMILES string of the molecule is O=C(CSc1nnc(-c2ccccc2F)n1CCc1ccccc1)NC[C@@H]1CCCO1. The summed E-state index contributed by atoms with van der Waals surface area (Å²) in [5.41, 5.74) is 1.57. The van der Waals surface area contributed by atoms with Crippen molar-refractivity contribution in [3.63, 3.8) is 0 Å². The molecule has 3 aromatic rings. The highest BCUT2D eigenvalue weighted by Crippen LogP contribution is 2.26. The minimum absolute atomic E-state index is 0.0782. The molecule has 1 fully saturated rings. The molecular formula is C23H25FN4O2S. The number of benzene rings is 2. The predicted octanol–water partition coefficient (Wildman–Crippen LogP) is 3.71. The number of carbonyl (C=O) groups is 1. The van der Waals surface area contributed by atoms with Crippen molar-refractivity contribution in [1.82, 2.24) is 20.1 Å². The fraction of sp³-hybridized carbons (Fsp3) is 0.348. The maximum Gasteiger partial charge on any atom is 0.230 e. The van der Waals surface area contributed by atoms with E-state index in [2.05, 4.69) is 27.6 Å². The maximum atomic E-state index is 14.4. The Kier molecular flexibility index (Phi) is 7.32. The zero-order valence-electron chi connectivity index (χ0n) is 17.2. The summed E-state index contributed by atoms with van der Waals surface area (Å²) in [7, 11) is 0. The molecule has 0 radical (unpaired) electrons. The van der Waals surface area contributed by atoms with Gasteiger partial charge in [-0.15, -0.1) is 10.2 Å². The molecular weight excluding hydrogens is 415 g/mol. The quantitative estimate of drug-likeness (QED) is 0.514. The van der Waals surface area contributed by atoms with Crippen molar-refractivity contribution in [1.29, 1.82) is 0 Å². The van der Waals surface area contributed by atoms with E-state index in [-0.39, 0.29) is 23.6 Å². The number of nitrogens with one attached hydrogen (secondary N) is 1. The molecule has 0 saturated carbocycles. The molecule has 1 aromatic heterocycles. The Balaban J connectivity index is 1.46. The van der Waals surface area contributed by atoms with Gasteiger partial charge in [0.2, 0.25) is 5.91 Å². The molecule has 6 nitrogen and oxygen atoms in total. The first-order valence-corrected chi connectivity index (χ1v) is 11.4. The van der Waals surface area contributed by atoms with Crippen LogP contribution >= 0.6 is 11.8 Å². The molecule has 0 bridgehead atoms. The van der Waals surface area contributed by atoms with Crippen molar-refractivity contribution >= 4 is 17.7 Å². The van der Waals surface area contributed by atoms with Gasteiger partial charge in [-0.25, -0.2) is 4.39 Å². The van der Waals surface area contributed by atoms with E-state index in [4.69, 9.17) is 4.74 Å². The van der Waals surface area contributed by atoms with Gasteiger partial charge >= 0.3 is 0 Å². The summed E-state index contributed by atoms with van der Waals surface area (Å²) in [5, 5.41) is 12.0.